The van der Waals surface area contributed by atoms with Crippen LogP contribution < -0.4 is 5.73 Å². The Balaban J connectivity index is 3.11. The van der Waals surface area contributed by atoms with Crippen LogP contribution in [0.1, 0.15) is 11.7 Å². The number of benzene rings is 1. The summed E-state index contributed by atoms with van der Waals surface area (Å²) in [5.74, 6) is 0. The Morgan fingerprint density at radius 2 is 2.12 bits per heavy atom. The van der Waals surface area contributed by atoms with Crippen LogP contribution in [-0.2, 0) is 0 Å². The fourth-order valence-electron chi connectivity index (χ4n) is 1.21. The highest BCUT2D eigenvalue weighted by Crippen LogP contribution is 2.28. The molecule has 1 rings (SSSR count). The maximum Gasteiger partial charge on any atom is 0.269 e. The zero-order valence-electron chi connectivity index (χ0n) is 8.21. The molecule has 0 aliphatic carbocycles. The van der Waals surface area contributed by atoms with Crippen molar-refractivity contribution in [3.8, 4) is 0 Å². The van der Waals surface area contributed by atoms with E-state index >= 15 is 0 Å². The van der Waals surface area contributed by atoms with Crippen molar-refractivity contribution in [3.05, 3.63) is 38.9 Å². The molecule has 16 heavy (non-hydrogen) atoms. The van der Waals surface area contributed by atoms with E-state index in [2.05, 4.69) is 0 Å². The Morgan fingerprint density at radius 1 is 1.50 bits per heavy atom. The van der Waals surface area contributed by atoms with E-state index in [-0.39, 0.29) is 22.8 Å². The Morgan fingerprint density at radius 3 is 2.62 bits per heavy atom. The van der Waals surface area contributed by atoms with Crippen molar-refractivity contribution in [2.45, 2.75) is 12.2 Å². The molecule has 2 unspecified atom stereocenters. The van der Waals surface area contributed by atoms with Crippen molar-refractivity contribution in [2.24, 2.45) is 5.73 Å². The summed E-state index contributed by atoms with van der Waals surface area (Å²) >= 11 is 5.76. The first kappa shape index (κ1) is 12.9. The second-order valence-corrected chi connectivity index (χ2v) is 3.62. The molecule has 1 aromatic carbocycles. The molecular weight excluding hydrogens is 236 g/mol. The lowest BCUT2D eigenvalue weighted by Crippen LogP contribution is -2.27. The van der Waals surface area contributed by atoms with Gasteiger partial charge < -0.3 is 15.9 Å². The van der Waals surface area contributed by atoms with Gasteiger partial charge in [0.15, 0.2) is 0 Å². The van der Waals surface area contributed by atoms with Crippen LogP contribution >= 0.6 is 11.6 Å². The first-order valence-electron chi connectivity index (χ1n) is 4.47. The summed E-state index contributed by atoms with van der Waals surface area (Å²) in [6, 6.07) is 3.63. The highest BCUT2D eigenvalue weighted by Gasteiger charge is 2.21. The van der Waals surface area contributed by atoms with Gasteiger partial charge in [-0.3, -0.25) is 10.1 Å². The number of aliphatic hydroxyl groups excluding tert-OH is 2. The molecule has 0 amide bonds. The molecule has 0 aliphatic rings. The summed E-state index contributed by atoms with van der Waals surface area (Å²) in [7, 11) is 0. The van der Waals surface area contributed by atoms with Gasteiger partial charge in [-0.25, -0.2) is 0 Å². The monoisotopic (exact) mass is 246 g/mol. The molecule has 0 radical (unpaired) electrons. The lowest BCUT2D eigenvalue weighted by molar-refractivity contribution is -0.385. The van der Waals surface area contributed by atoms with Crippen molar-refractivity contribution >= 4 is 17.3 Å². The number of aliphatic hydroxyl groups is 2. The van der Waals surface area contributed by atoms with Crippen molar-refractivity contribution in [3.63, 3.8) is 0 Å². The van der Waals surface area contributed by atoms with E-state index in [0.717, 1.165) is 6.07 Å². The summed E-state index contributed by atoms with van der Waals surface area (Å²) in [5, 5.41) is 29.6. The van der Waals surface area contributed by atoms with Gasteiger partial charge in [-0.15, -0.1) is 0 Å². The Kier molecular flexibility index (Phi) is 4.19. The third-order valence-electron chi connectivity index (χ3n) is 2.11. The van der Waals surface area contributed by atoms with Crippen LogP contribution in [0.3, 0.4) is 0 Å². The van der Waals surface area contributed by atoms with Gasteiger partial charge in [0.1, 0.15) is 6.10 Å². The molecule has 7 heteroatoms. The Labute approximate surface area is 96.4 Å². The van der Waals surface area contributed by atoms with E-state index in [4.69, 9.17) is 17.3 Å². The average Bonchev–Trinajstić information content (AvgIpc) is 2.27. The van der Waals surface area contributed by atoms with Crippen LogP contribution in [0.4, 0.5) is 5.69 Å². The van der Waals surface area contributed by atoms with E-state index in [9.17, 15) is 20.3 Å². The largest absolute Gasteiger partial charge is 0.389 e. The van der Waals surface area contributed by atoms with Gasteiger partial charge in [-0.2, -0.15) is 0 Å². The van der Waals surface area contributed by atoms with Crippen LogP contribution in [0.2, 0.25) is 5.02 Å². The third kappa shape index (κ3) is 2.67. The van der Waals surface area contributed by atoms with E-state index in [1.54, 1.807) is 0 Å². The number of nitrogens with two attached hydrogens (primary N) is 1. The minimum Gasteiger partial charge on any atom is -0.389 e. The quantitative estimate of drug-likeness (QED) is 0.532. The number of nitro groups is 1. The van der Waals surface area contributed by atoms with Crippen molar-refractivity contribution in [2.75, 3.05) is 6.54 Å². The second kappa shape index (κ2) is 5.22. The normalized spacial score (nSPS) is 14.5. The molecule has 4 N–H and O–H groups in total. The van der Waals surface area contributed by atoms with Gasteiger partial charge >= 0.3 is 0 Å². The summed E-state index contributed by atoms with van der Waals surface area (Å²) in [5.41, 5.74) is 5.06. The molecule has 0 saturated heterocycles. The van der Waals surface area contributed by atoms with Gasteiger partial charge in [-0.05, 0) is 6.07 Å². The lowest BCUT2D eigenvalue weighted by Gasteiger charge is -2.17. The van der Waals surface area contributed by atoms with E-state index < -0.39 is 17.1 Å². The first-order chi connectivity index (χ1) is 7.47. The number of hydrogen-bond acceptors (Lipinski definition) is 5. The SMILES string of the molecule is NCC(O)C(O)c1cc([N+](=O)[O-])ccc1Cl. The van der Waals surface area contributed by atoms with Gasteiger partial charge in [0.2, 0.25) is 0 Å². The smallest absolute Gasteiger partial charge is 0.269 e. The summed E-state index contributed by atoms with van der Waals surface area (Å²) in [4.78, 5) is 9.91. The third-order valence-corrected chi connectivity index (χ3v) is 2.46. The fraction of sp³-hybridized carbons (Fsp3) is 0.333. The minimum absolute atomic E-state index is 0.0915. The van der Waals surface area contributed by atoms with Gasteiger partial charge in [0, 0.05) is 29.3 Å². The lowest BCUT2D eigenvalue weighted by atomic mass is 10.0. The zero-order valence-corrected chi connectivity index (χ0v) is 8.96. The number of nitrogens with zero attached hydrogens (tertiary/aromatic N) is 1. The number of halogens is 1. The Hall–Kier alpha value is -1.21. The van der Waals surface area contributed by atoms with Crippen LogP contribution in [0.5, 0.6) is 0 Å². The number of nitro benzene ring substituents is 1. The standard InChI is InChI=1S/C9H11ClN2O4/c10-7-2-1-5(12(15)16)3-6(7)9(14)8(13)4-11/h1-3,8-9,13-14H,4,11H2. The number of rotatable bonds is 4. The van der Waals surface area contributed by atoms with E-state index in [0.29, 0.717) is 0 Å². The minimum atomic E-state index is -1.34. The fourth-order valence-corrected chi connectivity index (χ4v) is 1.44. The van der Waals surface area contributed by atoms with Gasteiger partial charge in [-0.1, -0.05) is 11.6 Å². The van der Waals surface area contributed by atoms with E-state index in [1.165, 1.54) is 12.1 Å². The van der Waals surface area contributed by atoms with Crippen molar-refractivity contribution in [1.29, 1.82) is 0 Å². The second-order valence-electron chi connectivity index (χ2n) is 3.21. The summed E-state index contributed by atoms with van der Waals surface area (Å²) in [6.45, 7) is -0.166. The number of non-ortho nitro benzene ring substituents is 1. The molecule has 0 spiro atoms. The molecule has 0 bridgehead atoms. The van der Waals surface area contributed by atoms with Crippen LogP contribution in [0.25, 0.3) is 0 Å². The predicted molar refractivity (Wildman–Crippen MR) is 58.1 cm³/mol. The van der Waals surface area contributed by atoms with Gasteiger partial charge in [0.25, 0.3) is 5.69 Å². The van der Waals surface area contributed by atoms with Crippen LogP contribution in [0, 0.1) is 10.1 Å². The number of hydrogen-bond donors (Lipinski definition) is 3. The first-order valence-corrected chi connectivity index (χ1v) is 4.85. The maximum atomic E-state index is 10.5. The molecule has 0 aliphatic heterocycles. The van der Waals surface area contributed by atoms with Crippen molar-refractivity contribution < 1.29 is 15.1 Å². The van der Waals surface area contributed by atoms with Crippen LogP contribution in [0.15, 0.2) is 18.2 Å². The summed E-state index contributed by atoms with van der Waals surface area (Å²) in [6.07, 6.45) is -2.54. The summed E-state index contributed by atoms with van der Waals surface area (Å²) < 4.78 is 0. The highest BCUT2D eigenvalue weighted by atomic mass is 35.5. The molecule has 6 nitrogen and oxygen atoms in total. The maximum absolute atomic E-state index is 10.5. The molecular formula is C9H11ClN2O4. The van der Waals surface area contributed by atoms with Gasteiger partial charge in [0.05, 0.1) is 11.0 Å². The van der Waals surface area contributed by atoms with Crippen LogP contribution in [-0.4, -0.2) is 27.8 Å². The molecule has 2 atom stereocenters. The zero-order chi connectivity index (χ0) is 12.3. The predicted octanol–water partition coefficient (Wildman–Crippen LogP) is 0.601. The topological polar surface area (TPSA) is 110 Å². The van der Waals surface area contributed by atoms with E-state index in [1.807, 2.05) is 0 Å². The molecule has 0 aromatic heterocycles. The average molecular weight is 247 g/mol. The van der Waals surface area contributed by atoms with Crippen molar-refractivity contribution in [1.82, 2.24) is 0 Å². The molecule has 0 saturated carbocycles. The highest BCUT2D eigenvalue weighted by molar-refractivity contribution is 6.31. The molecule has 88 valence electrons. The molecule has 1 aromatic rings. The molecule has 0 heterocycles. The molecule has 0 fully saturated rings. The Bertz CT molecular complexity index is 399.